The normalized spacial score (nSPS) is 17.1. The minimum absolute atomic E-state index is 0.211. The first-order chi connectivity index (χ1) is 8.84. The third kappa shape index (κ3) is 2.07. The number of fused-ring (bicyclic) bond motifs is 1. The van der Waals surface area contributed by atoms with Crippen molar-refractivity contribution in [3.05, 3.63) is 48.0 Å². The summed E-state index contributed by atoms with van der Waals surface area (Å²) in [4.78, 5) is 8.54. The van der Waals surface area contributed by atoms with Gasteiger partial charge in [-0.05, 0) is 36.6 Å². The summed E-state index contributed by atoms with van der Waals surface area (Å²) in [7, 11) is 0. The lowest BCUT2D eigenvalue weighted by atomic mass is 10.0. The molecule has 1 atom stereocenters. The van der Waals surface area contributed by atoms with Gasteiger partial charge in [0.05, 0.1) is 23.7 Å². The summed E-state index contributed by atoms with van der Waals surface area (Å²) in [6.45, 7) is 0.757. The topological polar surface area (TPSA) is 61.0 Å². The third-order valence-corrected chi connectivity index (χ3v) is 3.12. The molecule has 3 rings (SSSR count). The van der Waals surface area contributed by atoms with Crippen molar-refractivity contribution in [1.82, 2.24) is 9.97 Å². The largest absolute Gasteiger partial charge is 0.496 e. The molecule has 1 unspecified atom stereocenters. The number of hydrogen-bond donors (Lipinski definition) is 1. The van der Waals surface area contributed by atoms with Crippen LogP contribution in [0.25, 0.3) is 11.0 Å². The third-order valence-electron chi connectivity index (χ3n) is 3.12. The molecular formula is C14H15N3O. The van der Waals surface area contributed by atoms with Gasteiger partial charge >= 0.3 is 0 Å². The summed E-state index contributed by atoms with van der Waals surface area (Å²) in [5, 5.41) is 0. The Morgan fingerprint density at radius 2 is 2.00 bits per heavy atom. The van der Waals surface area contributed by atoms with Crippen molar-refractivity contribution in [3.8, 4) is 0 Å². The summed E-state index contributed by atoms with van der Waals surface area (Å²) < 4.78 is 5.61. The number of hydrogen-bond acceptors (Lipinski definition) is 4. The van der Waals surface area contributed by atoms with Crippen LogP contribution in [0.3, 0.4) is 0 Å². The Morgan fingerprint density at radius 3 is 2.78 bits per heavy atom. The molecule has 92 valence electrons. The summed E-state index contributed by atoms with van der Waals surface area (Å²) in [6.07, 6.45) is 7.56. The maximum absolute atomic E-state index is 6.22. The molecule has 0 bridgehead atoms. The van der Waals surface area contributed by atoms with Gasteiger partial charge in [0.15, 0.2) is 0 Å². The first-order valence-electron chi connectivity index (χ1n) is 6.14. The molecule has 1 aromatic carbocycles. The first-order valence-corrected chi connectivity index (χ1v) is 6.14. The van der Waals surface area contributed by atoms with E-state index in [1.807, 2.05) is 18.2 Å². The molecule has 0 spiro atoms. The zero-order valence-electron chi connectivity index (χ0n) is 10.0. The van der Waals surface area contributed by atoms with Crippen molar-refractivity contribution in [1.29, 1.82) is 0 Å². The van der Waals surface area contributed by atoms with Crippen LogP contribution in [0.1, 0.15) is 24.4 Å². The molecule has 4 nitrogen and oxygen atoms in total. The van der Waals surface area contributed by atoms with E-state index in [1.165, 1.54) is 0 Å². The summed E-state index contributed by atoms with van der Waals surface area (Å²) in [5.41, 5.74) is 8.97. The van der Waals surface area contributed by atoms with Crippen molar-refractivity contribution in [2.75, 3.05) is 6.61 Å². The minimum atomic E-state index is -0.211. The van der Waals surface area contributed by atoms with E-state index in [2.05, 4.69) is 16.0 Å². The Morgan fingerprint density at radius 1 is 1.17 bits per heavy atom. The van der Waals surface area contributed by atoms with Crippen LogP contribution in [0.5, 0.6) is 0 Å². The zero-order chi connectivity index (χ0) is 12.4. The van der Waals surface area contributed by atoms with Crippen LogP contribution in [-0.2, 0) is 4.74 Å². The molecule has 0 aliphatic carbocycles. The molecule has 0 fully saturated rings. The standard InChI is InChI=1S/C14H15N3O/c15-14(13-3-1-2-8-18-13)10-4-5-11-12(9-10)17-7-6-16-11/h3-7,9,14H,1-2,8,15H2. The number of ether oxygens (including phenoxy) is 1. The average Bonchev–Trinajstić information content (AvgIpc) is 2.47. The molecule has 0 amide bonds. The molecule has 1 aliphatic rings. The number of rotatable bonds is 2. The number of benzene rings is 1. The van der Waals surface area contributed by atoms with Crippen molar-refractivity contribution < 1.29 is 4.74 Å². The van der Waals surface area contributed by atoms with E-state index in [-0.39, 0.29) is 6.04 Å². The lowest BCUT2D eigenvalue weighted by Gasteiger charge is -2.21. The van der Waals surface area contributed by atoms with E-state index < -0.39 is 0 Å². The summed E-state index contributed by atoms with van der Waals surface area (Å²) in [5.74, 6) is 0.865. The minimum Gasteiger partial charge on any atom is -0.496 e. The monoisotopic (exact) mass is 241 g/mol. The maximum atomic E-state index is 6.22. The number of nitrogens with zero attached hydrogens (tertiary/aromatic N) is 2. The van der Waals surface area contributed by atoms with Crippen molar-refractivity contribution in [2.45, 2.75) is 18.9 Å². The van der Waals surface area contributed by atoms with Crippen LogP contribution < -0.4 is 5.73 Å². The van der Waals surface area contributed by atoms with E-state index in [9.17, 15) is 0 Å². The van der Waals surface area contributed by atoms with Gasteiger partial charge in [-0.25, -0.2) is 0 Å². The van der Waals surface area contributed by atoms with E-state index in [1.54, 1.807) is 12.4 Å². The molecule has 2 N–H and O–H groups in total. The van der Waals surface area contributed by atoms with Crippen LogP contribution in [-0.4, -0.2) is 16.6 Å². The fourth-order valence-electron chi connectivity index (χ4n) is 2.13. The van der Waals surface area contributed by atoms with Crippen molar-refractivity contribution >= 4 is 11.0 Å². The van der Waals surface area contributed by atoms with Crippen LogP contribution in [0.2, 0.25) is 0 Å². The fourth-order valence-corrected chi connectivity index (χ4v) is 2.13. The molecular weight excluding hydrogens is 226 g/mol. The Labute approximate surface area is 106 Å². The maximum Gasteiger partial charge on any atom is 0.113 e. The SMILES string of the molecule is NC(C1=CCCCO1)c1ccc2nccnc2c1. The number of aromatic nitrogens is 2. The Balaban J connectivity index is 1.96. The van der Waals surface area contributed by atoms with Crippen LogP contribution in [0, 0.1) is 0 Å². The summed E-state index contributed by atoms with van der Waals surface area (Å²) >= 11 is 0. The highest BCUT2D eigenvalue weighted by Crippen LogP contribution is 2.25. The lowest BCUT2D eigenvalue weighted by molar-refractivity contribution is 0.176. The van der Waals surface area contributed by atoms with Gasteiger partial charge in [-0.2, -0.15) is 0 Å². The van der Waals surface area contributed by atoms with Crippen LogP contribution >= 0.6 is 0 Å². The first kappa shape index (κ1) is 11.2. The molecule has 2 aromatic rings. The molecule has 18 heavy (non-hydrogen) atoms. The Bertz CT molecular complexity index is 594. The second-order valence-electron chi connectivity index (χ2n) is 4.38. The number of allylic oxidation sites excluding steroid dienone is 1. The second kappa shape index (κ2) is 4.74. The van der Waals surface area contributed by atoms with Gasteiger partial charge in [-0.1, -0.05) is 6.07 Å². The van der Waals surface area contributed by atoms with E-state index >= 15 is 0 Å². The van der Waals surface area contributed by atoms with Gasteiger partial charge in [0.25, 0.3) is 0 Å². The van der Waals surface area contributed by atoms with Gasteiger partial charge in [0.2, 0.25) is 0 Å². The highest BCUT2D eigenvalue weighted by Gasteiger charge is 2.16. The van der Waals surface area contributed by atoms with E-state index in [0.717, 1.165) is 41.8 Å². The molecule has 1 aliphatic heterocycles. The molecule has 4 heteroatoms. The highest BCUT2D eigenvalue weighted by molar-refractivity contribution is 5.74. The van der Waals surface area contributed by atoms with Gasteiger partial charge in [0.1, 0.15) is 5.76 Å². The fraction of sp³-hybridized carbons (Fsp3) is 0.286. The second-order valence-corrected chi connectivity index (χ2v) is 4.38. The molecule has 0 radical (unpaired) electrons. The van der Waals surface area contributed by atoms with Crippen LogP contribution in [0.4, 0.5) is 0 Å². The van der Waals surface area contributed by atoms with Crippen molar-refractivity contribution in [3.63, 3.8) is 0 Å². The smallest absolute Gasteiger partial charge is 0.113 e. The van der Waals surface area contributed by atoms with Gasteiger partial charge in [-0.15, -0.1) is 0 Å². The van der Waals surface area contributed by atoms with Gasteiger partial charge in [-0.3, -0.25) is 9.97 Å². The molecule has 0 saturated heterocycles. The Hall–Kier alpha value is -1.94. The average molecular weight is 241 g/mol. The molecule has 2 heterocycles. The quantitative estimate of drug-likeness (QED) is 0.876. The predicted molar refractivity (Wildman–Crippen MR) is 69.7 cm³/mol. The lowest BCUT2D eigenvalue weighted by Crippen LogP contribution is -2.17. The number of nitrogens with two attached hydrogens (primary N) is 1. The van der Waals surface area contributed by atoms with E-state index in [4.69, 9.17) is 10.5 Å². The van der Waals surface area contributed by atoms with E-state index in [0.29, 0.717) is 0 Å². The van der Waals surface area contributed by atoms with Gasteiger partial charge in [0, 0.05) is 12.4 Å². The molecule has 0 saturated carbocycles. The van der Waals surface area contributed by atoms with Gasteiger partial charge < -0.3 is 10.5 Å². The van der Waals surface area contributed by atoms with Crippen LogP contribution in [0.15, 0.2) is 42.4 Å². The zero-order valence-corrected chi connectivity index (χ0v) is 10.0. The predicted octanol–water partition coefficient (Wildman–Crippen LogP) is 2.32. The summed E-state index contributed by atoms with van der Waals surface area (Å²) in [6, 6.07) is 5.70. The molecule has 1 aromatic heterocycles. The van der Waals surface area contributed by atoms with Crippen molar-refractivity contribution in [2.24, 2.45) is 5.73 Å². The highest BCUT2D eigenvalue weighted by atomic mass is 16.5. The Kier molecular flexibility index (Phi) is 2.94.